The second-order valence-electron chi connectivity index (χ2n) is 7.19. The van der Waals surface area contributed by atoms with Crippen molar-refractivity contribution in [2.24, 2.45) is 10.9 Å². The monoisotopic (exact) mass is 423 g/mol. The molecular weight excluding hydrogens is 398 g/mol. The van der Waals surface area contributed by atoms with Crippen LogP contribution in [0.4, 0.5) is 11.5 Å². The van der Waals surface area contributed by atoms with Gasteiger partial charge in [0.25, 0.3) is 0 Å². The standard InChI is InChI=1S/C23H26ClN5O/c1-5-15(2)14-27-22-21(16(3)25)28(19-10-6-17(24)7-11-19)23(30)29(22)20-12-8-18(26-4)9-13-20/h6-15,25-26H,5H2,1-4H3. The van der Waals surface area contributed by atoms with Crippen molar-refractivity contribution in [2.45, 2.75) is 27.2 Å². The van der Waals surface area contributed by atoms with Gasteiger partial charge in [-0.1, -0.05) is 25.4 Å². The fourth-order valence-corrected chi connectivity index (χ4v) is 3.22. The van der Waals surface area contributed by atoms with Crippen molar-refractivity contribution in [1.29, 1.82) is 5.41 Å². The summed E-state index contributed by atoms with van der Waals surface area (Å²) in [5.74, 6) is 0.693. The van der Waals surface area contributed by atoms with Gasteiger partial charge in [-0.25, -0.2) is 14.4 Å². The van der Waals surface area contributed by atoms with E-state index in [1.54, 1.807) is 35.8 Å². The van der Waals surface area contributed by atoms with Crippen LogP contribution in [0.25, 0.3) is 11.4 Å². The highest BCUT2D eigenvalue weighted by Gasteiger charge is 2.23. The van der Waals surface area contributed by atoms with Gasteiger partial charge in [0.2, 0.25) is 0 Å². The van der Waals surface area contributed by atoms with Crippen molar-refractivity contribution in [2.75, 3.05) is 12.4 Å². The smallest absolute Gasteiger partial charge is 0.339 e. The SMILES string of the molecule is CCC(C)C=Nc1c(C(C)=N)n(-c2ccc(Cl)cc2)c(=O)n1-c1ccc(NC)cc1. The highest BCUT2D eigenvalue weighted by molar-refractivity contribution is 6.30. The molecule has 0 amide bonds. The number of aliphatic imine (C=N–C) groups is 1. The summed E-state index contributed by atoms with van der Waals surface area (Å²) in [4.78, 5) is 18.3. The average molecular weight is 424 g/mol. The summed E-state index contributed by atoms with van der Waals surface area (Å²) < 4.78 is 3.08. The molecule has 2 N–H and O–H groups in total. The Balaban J connectivity index is 2.34. The van der Waals surface area contributed by atoms with E-state index in [2.05, 4.69) is 24.2 Å². The zero-order valence-electron chi connectivity index (χ0n) is 17.6. The quantitative estimate of drug-likeness (QED) is 0.495. The molecule has 2 aromatic carbocycles. The first-order chi connectivity index (χ1) is 14.4. The minimum Gasteiger partial charge on any atom is -0.388 e. The molecule has 3 rings (SSSR count). The molecule has 1 unspecified atom stereocenters. The molecule has 0 aliphatic carbocycles. The van der Waals surface area contributed by atoms with Crippen LogP contribution in [0.5, 0.6) is 0 Å². The van der Waals surface area contributed by atoms with E-state index in [1.165, 1.54) is 4.57 Å². The maximum Gasteiger partial charge on any atom is 0.339 e. The molecule has 0 aliphatic heterocycles. The molecule has 0 saturated carbocycles. The van der Waals surface area contributed by atoms with Crippen LogP contribution < -0.4 is 11.0 Å². The van der Waals surface area contributed by atoms with Gasteiger partial charge in [-0.15, -0.1) is 0 Å². The van der Waals surface area contributed by atoms with Crippen molar-refractivity contribution in [3.05, 3.63) is 69.7 Å². The molecule has 6 nitrogen and oxygen atoms in total. The lowest BCUT2D eigenvalue weighted by molar-refractivity contribution is 0.754. The minimum absolute atomic E-state index is 0.248. The van der Waals surface area contributed by atoms with Gasteiger partial charge in [0, 0.05) is 24.0 Å². The largest absolute Gasteiger partial charge is 0.388 e. The molecule has 0 saturated heterocycles. The van der Waals surface area contributed by atoms with Crippen LogP contribution in [0.1, 0.15) is 32.9 Å². The van der Waals surface area contributed by atoms with Crippen LogP contribution in [-0.4, -0.2) is 28.1 Å². The zero-order valence-corrected chi connectivity index (χ0v) is 18.4. The van der Waals surface area contributed by atoms with E-state index in [1.807, 2.05) is 37.5 Å². The molecule has 0 fully saturated rings. The number of hydrogen-bond donors (Lipinski definition) is 2. The predicted molar refractivity (Wildman–Crippen MR) is 126 cm³/mol. The van der Waals surface area contributed by atoms with Crippen molar-refractivity contribution < 1.29 is 0 Å². The molecule has 1 heterocycles. The number of imidazole rings is 1. The van der Waals surface area contributed by atoms with E-state index in [0.717, 1.165) is 12.1 Å². The van der Waals surface area contributed by atoms with E-state index >= 15 is 0 Å². The fourth-order valence-electron chi connectivity index (χ4n) is 3.09. The topological polar surface area (TPSA) is 75.2 Å². The first kappa shape index (κ1) is 21.6. The summed E-state index contributed by atoms with van der Waals surface area (Å²) >= 11 is 6.04. The van der Waals surface area contributed by atoms with Gasteiger partial charge >= 0.3 is 5.69 Å². The maximum absolute atomic E-state index is 13.6. The lowest BCUT2D eigenvalue weighted by Gasteiger charge is -2.08. The summed E-state index contributed by atoms with van der Waals surface area (Å²) in [6, 6.07) is 14.5. The van der Waals surface area contributed by atoms with Gasteiger partial charge in [-0.3, -0.25) is 4.57 Å². The molecule has 156 valence electrons. The van der Waals surface area contributed by atoms with Crippen molar-refractivity contribution in [3.63, 3.8) is 0 Å². The zero-order chi connectivity index (χ0) is 21.8. The number of anilines is 1. The third kappa shape index (κ3) is 4.24. The van der Waals surface area contributed by atoms with Gasteiger partial charge in [0.05, 0.1) is 17.1 Å². The van der Waals surface area contributed by atoms with E-state index in [-0.39, 0.29) is 17.3 Å². The van der Waals surface area contributed by atoms with Crippen molar-refractivity contribution >= 4 is 35.0 Å². The summed E-state index contributed by atoms with van der Waals surface area (Å²) in [6.07, 6.45) is 2.77. The number of benzene rings is 2. The summed E-state index contributed by atoms with van der Waals surface area (Å²) in [6.45, 7) is 5.82. The summed E-state index contributed by atoms with van der Waals surface area (Å²) in [5.41, 5.74) is 2.69. The Morgan fingerprint density at radius 1 is 1.13 bits per heavy atom. The van der Waals surface area contributed by atoms with Gasteiger partial charge in [0.15, 0.2) is 5.82 Å². The lowest BCUT2D eigenvalue weighted by Crippen LogP contribution is -2.23. The molecular formula is C23H26ClN5O. The van der Waals surface area contributed by atoms with Gasteiger partial charge in [-0.05, 0) is 67.8 Å². The lowest BCUT2D eigenvalue weighted by atomic mass is 10.1. The molecule has 1 aromatic heterocycles. The third-order valence-electron chi connectivity index (χ3n) is 4.98. The van der Waals surface area contributed by atoms with Crippen LogP contribution in [0.3, 0.4) is 0 Å². The summed E-state index contributed by atoms with van der Waals surface area (Å²) in [5, 5.41) is 12.1. The first-order valence-electron chi connectivity index (χ1n) is 9.89. The van der Waals surface area contributed by atoms with Crippen LogP contribution in [-0.2, 0) is 0 Å². The number of nitrogens with zero attached hydrogens (tertiary/aromatic N) is 3. The molecule has 0 aliphatic rings. The maximum atomic E-state index is 13.6. The van der Waals surface area contributed by atoms with E-state index in [9.17, 15) is 4.79 Å². The normalized spacial score (nSPS) is 12.3. The van der Waals surface area contributed by atoms with Crippen LogP contribution >= 0.6 is 11.6 Å². The van der Waals surface area contributed by atoms with E-state index in [4.69, 9.17) is 17.0 Å². The molecule has 30 heavy (non-hydrogen) atoms. The fraction of sp³-hybridized carbons (Fsp3) is 0.261. The molecule has 0 radical (unpaired) electrons. The second kappa shape index (κ2) is 9.13. The number of nitrogens with one attached hydrogen (secondary N) is 2. The number of halogens is 1. The molecule has 3 aromatic rings. The highest BCUT2D eigenvalue weighted by atomic mass is 35.5. The van der Waals surface area contributed by atoms with Crippen LogP contribution in [0.15, 0.2) is 58.3 Å². The Bertz CT molecular complexity index is 1120. The molecule has 0 spiro atoms. The predicted octanol–water partition coefficient (Wildman–Crippen LogP) is 5.46. The van der Waals surface area contributed by atoms with Crippen LogP contribution in [0.2, 0.25) is 5.02 Å². The summed E-state index contributed by atoms with van der Waals surface area (Å²) in [7, 11) is 1.84. The van der Waals surface area contributed by atoms with E-state index < -0.39 is 0 Å². The average Bonchev–Trinajstić information content (AvgIpc) is 3.04. The second-order valence-corrected chi connectivity index (χ2v) is 7.62. The van der Waals surface area contributed by atoms with E-state index in [0.29, 0.717) is 27.9 Å². The highest BCUT2D eigenvalue weighted by Crippen LogP contribution is 2.27. The minimum atomic E-state index is -0.285. The first-order valence-corrected chi connectivity index (χ1v) is 10.3. The number of hydrogen-bond acceptors (Lipinski definition) is 4. The number of rotatable bonds is 7. The van der Waals surface area contributed by atoms with Crippen LogP contribution in [0, 0.1) is 11.3 Å². The molecule has 7 heteroatoms. The van der Waals surface area contributed by atoms with Gasteiger partial charge < -0.3 is 10.7 Å². The Labute approximate surface area is 181 Å². The molecule has 0 bridgehead atoms. The Morgan fingerprint density at radius 2 is 1.70 bits per heavy atom. The Morgan fingerprint density at radius 3 is 2.23 bits per heavy atom. The number of aromatic nitrogens is 2. The van der Waals surface area contributed by atoms with Crippen molar-refractivity contribution in [3.8, 4) is 11.4 Å². The Hall–Kier alpha value is -3.12. The third-order valence-corrected chi connectivity index (χ3v) is 5.23. The van der Waals surface area contributed by atoms with Gasteiger partial charge in [-0.2, -0.15) is 0 Å². The van der Waals surface area contributed by atoms with Gasteiger partial charge in [0.1, 0.15) is 5.69 Å². The van der Waals surface area contributed by atoms with Crippen molar-refractivity contribution in [1.82, 2.24) is 9.13 Å². The Kier molecular flexibility index (Phi) is 6.57. The molecule has 1 atom stereocenters.